The van der Waals surface area contributed by atoms with Crippen LogP contribution in [0, 0.1) is 10.8 Å². The number of carbonyl (C=O) groups is 2. The van der Waals surface area contributed by atoms with Crippen molar-refractivity contribution in [3.05, 3.63) is 11.6 Å². The number of urea groups is 1. The number of aliphatic carboxylic acids is 1. The minimum Gasteiger partial charge on any atom is -0.481 e. The minimum absolute atomic E-state index is 0.0258. The van der Waals surface area contributed by atoms with Crippen molar-refractivity contribution in [2.45, 2.75) is 46.5 Å². The van der Waals surface area contributed by atoms with Gasteiger partial charge in [-0.15, -0.1) is 0 Å². The molecule has 0 spiro atoms. The summed E-state index contributed by atoms with van der Waals surface area (Å²) in [5.41, 5.74) is 0.586. The highest BCUT2D eigenvalue weighted by Gasteiger charge is 2.42. The van der Waals surface area contributed by atoms with Crippen LogP contribution in [0.3, 0.4) is 0 Å². The van der Waals surface area contributed by atoms with Crippen molar-refractivity contribution in [3.8, 4) is 0 Å². The Labute approximate surface area is 126 Å². The first kappa shape index (κ1) is 15.9. The maximum atomic E-state index is 12.2. The highest BCUT2D eigenvalue weighted by Crippen LogP contribution is 2.34. The largest absolute Gasteiger partial charge is 0.481 e. The molecule has 1 heterocycles. The number of carbonyl (C=O) groups excluding carboxylic acids is 1. The minimum atomic E-state index is -0.825. The zero-order valence-electron chi connectivity index (χ0n) is 13.2. The van der Waals surface area contributed by atoms with Crippen molar-refractivity contribution in [2.24, 2.45) is 10.8 Å². The first-order chi connectivity index (χ1) is 9.74. The van der Waals surface area contributed by atoms with Crippen LogP contribution < -0.4 is 5.32 Å². The van der Waals surface area contributed by atoms with Gasteiger partial charge in [-0.3, -0.25) is 4.79 Å². The third-order valence-electron chi connectivity index (χ3n) is 4.87. The van der Waals surface area contributed by atoms with Crippen LogP contribution in [0.5, 0.6) is 0 Å². The molecule has 0 bridgehead atoms. The molecule has 118 valence electrons. The van der Waals surface area contributed by atoms with Gasteiger partial charge in [0.15, 0.2) is 0 Å². The van der Waals surface area contributed by atoms with Crippen molar-refractivity contribution in [3.63, 3.8) is 0 Å². The Morgan fingerprint density at radius 2 is 2.19 bits per heavy atom. The molecule has 5 nitrogen and oxygen atoms in total. The van der Waals surface area contributed by atoms with Crippen molar-refractivity contribution in [2.75, 3.05) is 19.6 Å². The van der Waals surface area contributed by atoms with Crippen molar-refractivity contribution in [1.29, 1.82) is 0 Å². The van der Waals surface area contributed by atoms with Gasteiger partial charge in [0.1, 0.15) is 0 Å². The van der Waals surface area contributed by atoms with E-state index in [1.807, 2.05) is 0 Å². The fraction of sp³-hybridized carbons (Fsp3) is 0.750. The van der Waals surface area contributed by atoms with E-state index >= 15 is 0 Å². The van der Waals surface area contributed by atoms with E-state index in [1.54, 1.807) is 11.8 Å². The molecule has 0 aromatic carbocycles. The molecule has 0 aromatic rings. The van der Waals surface area contributed by atoms with E-state index in [-0.39, 0.29) is 18.0 Å². The highest BCUT2D eigenvalue weighted by molar-refractivity contribution is 5.79. The maximum Gasteiger partial charge on any atom is 0.317 e. The molecule has 1 atom stereocenters. The molecule has 1 saturated heterocycles. The zero-order chi connectivity index (χ0) is 15.7. The lowest BCUT2D eigenvalue weighted by Gasteiger charge is -2.28. The van der Waals surface area contributed by atoms with E-state index < -0.39 is 11.4 Å². The summed E-state index contributed by atoms with van der Waals surface area (Å²) in [5, 5.41) is 12.2. The molecule has 0 radical (unpaired) electrons. The van der Waals surface area contributed by atoms with Gasteiger partial charge in [0.05, 0.1) is 5.41 Å². The fourth-order valence-corrected chi connectivity index (χ4v) is 3.12. The summed E-state index contributed by atoms with van der Waals surface area (Å²) in [6.07, 6.45) is 6.25. The molecule has 2 aliphatic rings. The van der Waals surface area contributed by atoms with Crippen molar-refractivity contribution >= 4 is 12.0 Å². The third kappa shape index (κ3) is 3.39. The zero-order valence-corrected chi connectivity index (χ0v) is 13.2. The number of hydrogen-bond acceptors (Lipinski definition) is 2. The number of allylic oxidation sites excluding steroid dienone is 1. The highest BCUT2D eigenvalue weighted by atomic mass is 16.4. The standard InChI is InChI=1S/C16H26N2O3/c1-15(2,12-6-4-5-7-12)10-17-14(21)18-9-8-16(3,11-18)13(19)20/h6H,4-5,7-11H2,1-3H3,(H,17,21)(H,19,20). The molecule has 2 N–H and O–H groups in total. The molecule has 1 unspecified atom stereocenters. The smallest absolute Gasteiger partial charge is 0.317 e. The lowest BCUT2D eigenvalue weighted by Crippen LogP contribution is -2.44. The first-order valence-corrected chi connectivity index (χ1v) is 7.70. The number of amides is 2. The summed E-state index contributed by atoms with van der Waals surface area (Å²) in [6, 6.07) is -0.147. The lowest BCUT2D eigenvalue weighted by atomic mass is 9.83. The third-order valence-corrected chi connectivity index (χ3v) is 4.87. The number of rotatable bonds is 4. The Hall–Kier alpha value is -1.52. The van der Waals surface area contributed by atoms with Crippen LogP contribution in [-0.4, -0.2) is 41.6 Å². The number of carboxylic acids is 1. The molecule has 21 heavy (non-hydrogen) atoms. The van der Waals surface area contributed by atoms with Crippen LogP contribution in [0.25, 0.3) is 0 Å². The number of nitrogens with one attached hydrogen (secondary N) is 1. The van der Waals surface area contributed by atoms with Gasteiger partial charge in [-0.1, -0.05) is 25.5 Å². The van der Waals surface area contributed by atoms with Crippen LogP contribution in [0.15, 0.2) is 11.6 Å². The van der Waals surface area contributed by atoms with Crippen LogP contribution in [0.4, 0.5) is 4.79 Å². The summed E-state index contributed by atoms with van der Waals surface area (Å²) < 4.78 is 0. The molecule has 1 aliphatic carbocycles. The number of likely N-dealkylation sites (tertiary alicyclic amines) is 1. The lowest BCUT2D eigenvalue weighted by molar-refractivity contribution is -0.147. The van der Waals surface area contributed by atoms with Crippen molar-refractivity contribution < 1.29 is 14.7 Å². The van der Waals surface area contributed by atoms with Gasteiger partial charge in [-0.05, 0) is 32.6 Å². The second-order valence-corrected chi connectivity index (χ2v) is 7.20. The summed E-state index contributed by atoms with van der Waals surface area (Å²) in [5.74, 6) is -0.825. The summed E-state index contributed by atoms with van der Waals surface area (Å²) in [6.45, 7) is 7.40. The number of carboxylic acid groups (broad SMARTS) is 1. The number of nitrogens with zero attached hydrogens (tertiary/aromatic N) is 1. The molecule has 2 amide bonds. The second-order valence-electron chi connectivity index (χ2n) is 7.20. The SMILES string of the molecule is CC(C)(CNC(=O)N1CCC(C)(C(=O)O)C1)C1=CCCC1. The van der Waals surface area contributed by atoms with Crippen LogP contribution in [0.2, 0.25) is 0 Å². The Balaban J connectivity index is 1.87. The van der Waals surface area contributed by atoms with Gasteiger partial charge < -0.3 is 15.3 Å². The molecule has 0 aromatic heterocycles. The van der Waals surface area contributed by atoms with Crippen LogP contribution in [0.1, 0.15) is 46.5 Å². The van der Waals surface area contributed by atoms with E-state index in [0.717, 1.165) is 12.8 Å². The Morgan fingerprint density at radius 1 is 1.48 bits per heavy atom. The molecule has 1 aliphatic heterocycles. The molecule has 5 heteroatoms. The molecular weight excluding hydrogens is 268 g/mol. The Kier molecular flexibility index (Phi) is 4.30. The normalized spacial score (nSPS) is 25.9. The van der Waals surface area contributed by atoms with Gasteiger partial charge >= 0.3 is 12.0 Å². The molecule has 1 fully saturated rings. The quantitative estimate of drug-likeness (QED) is 0.783. The Morgan fingerprint density at radius 3 is 2.71 bits per heavy atom. The second kappa shape index (κ2) is 5.70. The van der Waals surface area contributed by atoms with E-state index in [9.17, 15) is 14.7 Å². The Bertz CT molecular complexity index is 470. The van der Waals surface area contributed by atoms with Gasteiger partial charge in [-0.2, -0.15) is 0 Å². The predicted molar refractivity (Wildman–Crippen MR) is 81.0 cm³/mol. The van der Waals surface area contributed by atoms with Crippen LogP contribution >= 0.6 is 0 Å². The van der Waals surface area contributed by atoms with Gasteiger partial charge in [0.2, 0.25) is 0 Å². The number of hydrogen-bond donors (Lipinski definition) is 2. The van der Waals surface area contributed by atoms with Gasteiger partial charge in [0.25, 0.3) is 0 Å². The summed E-state index contributed by atoms with van der Waals surface area (Å²) in [4.78, 5) is 25.1. The predicted octanol–water partition coefficient (Wildman–Crippen LogP) is 2.63. The average molecular weight is 294 g/mol. The fourth-order valence-electron chi connectivity index (χ4n) is 3.12. The van der Waals surface area contributed by atoms with E-state index in [1.165, 1.54) is 12.0 Å². The molecule has 2 rings (SSSR count). The van der Waals surface area contributed by atoms with Crippen LogP contribution in [-0.2, 0) is 4.79 Å². The van der Waals surface area contributed by atoms with E-state index in [0.29, 0.717) is 19.5 Å². The van der Waals surface area contributed by atoms with E-state index in [4.69, 9.17) is 0 Å². The van der Waals surface area contributed by atoms with Gasteiger partial charge in [-0.25, -0.2) is 4.79 Å². The van der Waals surface area contributed by atoms with Crippen molar-refractivity contribution in [1.82, 2.24) is 10.2 Å². The summed E-state index contributed by atoms with van der Waals surface area (Å²) in [7, 11) is 0. The molecular formula is C16H26N2O3. The summed E-state index contributed by atoms with van der Waals surface area (Å²) >= 11 is 0. The maximum absolute atomic E-state index is 12.2. The van der Waals surface area contributed by atoms with E-state index in [2.05, 4.69) is 25.2 Å². The molecule has 0 saturated carbocycles. The van der Waals surface area contributed by atoms with Gasteiger partial charge in [0, 0.05) is 25.0 Å². The average Bonchev–Trinajstić information content (AvgIpc) is 3.06. The first-order valence-electron chi connectivity index (χ1n) is 7.70. The monoisotopic (exact) mass is 294 g/mol. The topological polar surface area (TPSA) is 69.6 Å².